The third-order valence-electron chi connectivity index (χ3n) is 3.56. The summed E-state index contributed by atoms with van der Waals surface area (Å²) >= 11 is 0. The number of amides is 1. The van der Waals surface area contributed by atoms with Crippen molar-refractivity contribution in [2.75, 3.05) is 17.6 Å². The first-order valence-corrected chi connectivity index (χ1v) is 9.50. The molecule has 0 saturated heterocycles. The first-order chi connectivity index (χ1) is 12.7. The summed E-state index contributed by atoms with van der Waals surface area (Å²) in [5.74, 6) is 0.136. The van der Waals surface area contributed by atoms with Crippen molar-refractivity contribution >= 4 is 27.5 Å². The highest BCUT2D eigenvalue weighted by Crippen LogP contribution is 2.21. The standard InChI is InChI=1S/C16H18N4O6S/c1-19(27(2,24)25)15-6-4-3-5-12(15)11-17-18-16(21)26-14-9-7-13(8-10-14)20(22)23/h3-10,17H,11H2,1-2H3,(H,18,21). The number of hydrogen-bond acceptors (Lipinski definition) is 7. The van der Waals surface area contributed by atoms with Crippen LogP contribution in [0.25, 0.3) is 0 Å². The van der Waals surface area contributed by atoms with Crippen LogP contribution in [0.4, 0.5) is 16.2 Å². The summed E-state index contributed by atoms with van der Waals surface area (Å²) in [6.07, 6.45) is 0.273. The van der Waals surface area contributed by atoms with Crippen LogP contribution in [-0.4, -0.2) is 32.7 Å². The van der Waals surface area contributed by atoms with E-state index in [1.165, 1.54) is 31.3 Å². The van der Waals surface area contributed by atoms with Gasteiger partial charge in [0, 0.05) is 25.7 Å². The Hall–Kier alpha value is -3.18. The predicted molar refractivity (Wildman–Crippen MR) is 98.8 cm³/mol. The second kappa shape index (κ2) is 8.47. The van der Waals surface area contributed by atoms with Crippen LogP contribution in [0.5, 0.6) is 5.75 Å². The second-order valence-electron chi connectivity index (χ2n) is 5.48. The van der Waals surface area contributed by atoms with Crippen LogP contribution < -0.4 is 19.9 Å². The number of para-hydroxylation sites is 1. The lowest BCUT2D eigenvalue weighted by atomic mass is 10.2. The lowest BCUT2D eigenvalue weighted by Crippen LogP contribution is -2.39. The smallest absolute Gasteiger partial charge is 0.409 e. The minimum Gasteiger partial charge on any atom is -0.409 e. The van der Waals surface area contributed by atoms with E-state index in [9.17, 15) is 23.3 Å². The Bertz CT molecular complexity index is 930. The summed E-state index contributed by atoms with van der Waals surface area (Å²) < 4.78 is 29.5. The van der Waals surface area contributed by atoms with Gasteiger partial charge in [-0.3, -0.25) is 19.8 Å². The number of ether oxygens (including phenoxy) is 1. The topological polar surface area (TPSA) is 131 Å². The van der Waals surface area contributed by atoms with Gasteiger partial charge in [-0.1, -0.05) is 18.2 Å². The molecule has 0 bridgehead atoms. The van der Waals surface area contributed by atoms with Crippen molar-refractivity contribution in [3.63, 3.8) is 0 Å². The molecule has 2 N–H and O–H groups in total. The Kier molecular flexibility index (Phi) is 6.32. The molecule has 0 aliphatic heterocycles. The number of hydrogen-bond donors (Lipinski definition) is 2. The molecule has 0 radical (unpaired) electrons. The number of carbonyl (C=O) groups excluding carboxylic acids is 1. The molecule has 2 rings (SSSR count). The molecule has 0 spiro atoms. The molecule has 0 saturated carbocycles. The van der Waals surface area contributed by atoms with Crippen LogP contribution >= 0.6 is 0 Å². The van der Waals surface area contributed by atoms with Crippen molar-refractivity contribution in [3.8, 4) is 5.75 Å². The lowest BCUT2D eigenvalue weighted by molar-refractivity contribution is -0.384. The summed E-state index contributed by atoms with van der Waals surface area (Å²) in [7, 11) is -1.99. The number of sulfonamides is 1. The zero-order valence-electron chi connectivity index (χ0n) is 14.6. The molecule has 0 heterocycles. The number of benzene rings is 2. The number of nitro benzene ring substituents is 1. The Balaban J connectivity index is 1.93. The average Bonchev–Trinajstić information content (AvgIpc) is 2.61. The highest BCUT2D eigenvalue weighted by Gasteiger charge is 2.15. The van der Waals surface area contributed by atoms with Crippen LogP contribution in [0, 0.1) is 10.1 Å². The summed E-state index contributed by atoms with van der Waals surface area (Å²) in [5, 5.41) is 10.6. The molecule has 144 valence electrons. The van der Waals surface area contributed by atoms with Gasteiger partial charge in [0.05, 0.1) is 16.9 Å². The molecule has 11 heteroatoms. The maximum absolute atomic E-state index is 11.8. The summed E-state index contributed by atoms with van der Waals surface area (Å²) in [6.45, 7) is 0.144. The fraction of sp³-hybridized carbons (Fsp3) is 0.188. The quantitative estimate of drug-likeness (QED) is 0.540. The first-order valence-electron chi connectivity index (χ1n) is 7.65. The molecule has 2 aromatic rings. The molecule has 27 heavy (non-hydrogen) atoms. The van der Waals surface area contributed by atoms with E-state index < -0.39 is 21.0 Å². The SMILES string of the molecule is CN(c1ccccc1CNNC(=O)Oc1ccc([N+](=O)[O-])cc1)S(C)(=O)=O. The predicted octanol–water partition coefficient (Wildman–Crippen LogP) is 1.78. The third-order valence-corrected chi connectivity index (χ3v) is 4.75. The number of nitrogens with one attached hydrogen (secondary N) is 2. The zero-order valence-corrected chi connectivity index (χ0v) is 15.4. The Morgan fingerprint density at radius 3 is 2.41 bits per heavy atom. The molecule has 0 aliphatic rings. The van der Waals surface area contributed by atoms with E-state index in [4.69, 9.17) is 4.74 Å². The van der Waals surface area contributed by atoms with Gasteiger partial charge >= 0.3 is 6.09 Å². The molecular weight excluding hydrogens is 376 g/mol. The molecule has 0 atom stereocenters. The van der Waals surface area contributed by atoms with Crippen LogP contribution in [0.1, 0.15) is 5.56 Å². The number of hydrazine groups is 1. The van der Waals surface area contributed by atoms with E-state index in [0.29, 0.717) is 11.3 Å². The van der Waals surface area contributed by atoms with Gasteiger partial charge in [0.2, 0.25) is 10.0 Å². The van der Waals surface area contributed by atoms with Gasteiger partial charge in [-0.05, 0) is 23.8 Å². The van der Waals surface area contributed by atoms with Gasteiger partial charge in [0.15, 0.2) is 0 Å². The van der Waals surface area contributed by atoms with Crippen molar-refractivity contribution in [2.45, 2.75) is 6.54 Å². The highest BCUT2D eigenvalue weighted by atomic mass is 32.2. The molecule has 2 aromatic carbocycles. The van der Waals surface area contributed by atoms with Crippen molar-refractivity contribution in [3.05, 3.63) is 64.2 Å². The molecular formula is C16H18N4O6S. The van der Waals surface area contributed by atoms with Crippen LogP contribution in [-0.2, 0) is 16.6 Å². The first kappa shape index (κ1) is 20.1. The van der Waals surface area contributed by atoms with Gasteiger partial charge in [-0.25, -0.2) is 18.6 Å². The maximum Gasteiger partial charge on any atom is 0.427 e. The molecule has 1 amide bonds. The zero-order chi connectivity index (χ0) is 20.0. The normalized spacial score (nSPS) is 10.9. The van der Waals surface area contributed by atoms with Crippen molar-refractivity contribution in [1.29, 1.82) is 0 Å². The van der Waals surface area contributed by atoms with Crippen molar-refractivity contribution in [2.24, 2.45) is 0 Å². The molecule has 0 aliphatic carbocycles. The minimum atomic E-state index is -3.42. The molecule has 0 fully saturated rings. The summed E-state index contributed by atoms with van der Waals surface area (Å²) in [4.78, 5) is 21.8. The van der Waals surface area contributed by atoms with Crippen molar-refractivity contribution < 1.29 is 22.9 Å². The summed E-state index contributed by atoms with van der Waals surface area (Å²) in [5.41, 5.74) is 5.94. The van der Waals surface area contributed by atoms with Gasteiger partial charge in [-0.15, -0.1) is 0 Å². The number of nitro groups is 1. The number of rotatable bonds is 7. The van der Waals surface area contributed by atoms with Crippen LogP contribution in [0.2, 0.25) is 0 Å². The fourth-order valence-electron chi connectivity index (χ4n) is 2.13. The molecule has 0 aromatic heterocycles. The van der Waals surface area contributed by atoms with Gasteiger partial charge in [0.1, 0.15) is 5.75 Å². The van der Waals surface area contributed by atoms with Gasteiger partial charge in [-0.2, -0.15) is 0 Å². The van der Waals surface area contributed by atoms with E-state index in [2.05, 4.69) is 10.9 Å². The lowest BCUT2D eigenvalue weighted by Gasteiger charge is -2.20. The van der Waals surface area contributed by atoms with E-state index >= 15 is 0 Å². The van der Waals surface area contributed by atoms with E-state index in [1.807, 2.05) is 0 Å². The minimum absolute atomic E-state index is 0.118. The third kappa shape index (κ3) is 5.66. The van der Waals surface area contributed by atoms with Gasteiger partial charge < -0.3 is 4.74 Å². The molecule has 10 nitrogen and oxygen atoms in total. The fourth-order valence-corrected chi connectivity index (χ4v) is 2.66. The number of carbonyl (C=O) groups is 1. The Labute approximate surface area is 155 Å². The van der Waals surface area contributed by atoms with E-state index in [0.717, 1.165) is 10.6 Å². The number of non-ortho nitro benzene ring substituents is 1. The highest BCUT2D eigenvalue weighted by molar-refractivity contribution is 7.92. The number of nitrogens with zero attached hydrogens (tertiary/aromatic N) is 2. The largest absolute Gasteiger partial charge is 0.427 e. The van der Waals surface area contributed by atoms with Gasteiger partial charge in [0.25, 0.3) is 5.69 Å². The van der Waals surface area contributed by atoms with E-state index in [1.54, 1.807) is 24.3 Å². The van der Waals surface area contributed by atoms with Crippen LogP contribution in [0.15, 0.2) is 48.5 Å². The number of anilines is 1. The Morgan fingerprint density at radius 1 is 1.19 bits per heavy atom. The Morgan fingerprint density at radius 2 is 1.81 bits per heavy atom. The molecule has 0 unspecified atom stereocenters. The van der Waals surface area contributed by atoms with Crippen molar-refractivity contribution in [1.82, 2.24) is 10.9 Å². The second-order valence-corrected chi connectivity index (χ2v) is 7.49. The average molecular weight is 394 g/mol. The monoisotopic (exact) mass is 394 g/mol. The van der Waals surface area contributed by atoms with E-state index in [-0.39, 0.29) is 18.0 Å². The summed E-state index contributed by atoms with van der Waals surface area (Å²) in [6, 6.07) is 11.8. The van der Waals surface area contributed by atoms with Crippen LogP contribution in [0.3, 0.4) is 0 Å². The maximum atomic E-state index is 11.8.